The first kappa shape index (κ1) is 20.3. The van der Waals surface area contributed by atoms with Crippen LogP contribution in [0.3, 0.4) is 0 Å². The van der Waals surface area contributed by atoms with Gasteiger partial charge >= 0.3 is 11.7 Å². The second-order valence-electron chi connectivity index (χ2n) is 7.08. The zero-order valence-electron chi connectivity index (χ0n) is 16.9. The predicted octanol–water partition coefficient (Wildman–Crippen LogP) is 3.57. The molecule has 0 aliphatic carbocycles. The summed E-state index contributed by atoms with van der Waals surface area (Å²) in [6.07, 6.45) is 0. The van der Waals surface area contributed by atoms with Crippen LogP contribution in [0.1, 0.15) is 21.7 Å². The minimum atomic E-state index is -0.745. The van der Waals surface area contributed by atoms with Crippen molar-refractivity contribution in [3.05, 3.63) is 87.9 Å². The molecule has 0 aliphatic heterocycles. The zero-order valence-corrected chi connectivity index (χ0v) is 16.9. The minimum absolute atomic E-state index is 0.333. The van der Waals surface area contributed by atoms with Gasteiger partial charge in [0.25, 0.3) is 0 Å². The van der Waals surface area contributed by atoms with Gasteiger partial charge < -0.3 is 13.7 Å². The molecule has 0 spiro atoms. The van der Waals surface area contributed by atoms with Crippen molar-refractivity contribution in [1.82, 2.24) is 9.13 Å². The molecule has 4 rings (SSSR count). The number of fused-ring (bicyclic) bond motifs is 1. The number of ether oxygens (including phenoxy) is 1. The van der Waals surface area contributed by atoms with Crippen LogP contribution in [0, 0.1) is 19.7 Å². The lowest BCUT2D eigenvalue weighted by molar-refractivity contribution is -0.143. The van der Waals surface area contributed by atoms with Crippen LogP contribution in [0.2, 0.25) is 0 Å². The SMILES string of the molecule is Cc1cc(C(=O)COC(=O)Cn2c(=O)oc3ccccc32)c(C)n1-c1ccccc1F. The Hall–Kier alpha value is -3.94. The zero-order chi connectivity index (χ0) is 22.1. The standard InChI is InChI=1S/C23H19FN2O5/c1-14-11-16(15(2)26(14)18-8-4-3-7-17(18)24)20(27)13-30-22(28)12-25-19-9-5-6-10-21(19)31-23(25)29/h3-11H,12-13H2,1-2H3. The maximum atomic E-state index is 14.2. The molecule has 0 bridgehead atoms. The van der Waals surface area contributed by atoms with E-state index in [0.29, 0.717) is 33.7 Å². The molecule has 0 radical (unpaired) electrons. The highest BCUT2D eigenvalue weighted by molar-refractivity contribution is 5.99. The Labute approximate surface area is 176 Å². The highest BCUT2D eigenvalue weighted by atomic mass is 19.1. The average Bonchev–Trinajstić information content (AvgIpc) is 3.22. The molecule has 2 aromatic heterocycles. The van der Waals surface area contributed by atoms with Crippen LogP contribution in [0.5, 0.6) is 0 Å². The Morgan fingerprint density at radius 3 is 2.55 bits per heavy atom. The van der Waals surface area contributed by atoms with E-state index < -0.39 is 29.9 Å². The summed E-state index contributed by atoms with van der Waals surface area (Å²) in [5.41, 5.74) is 2.70. The van der Waals surface area contributed by atoms with Crippen molar-refractivity contribution >= 4 is 22.9 Å². The van der Waals surface area contributed by atoms with E-state index in [1.807, 2.05) is 0 Å². The molecule has 0 aliphatic rings. The van der Waals surface area contributed by atoms with Crippen LogP contribution >= 0.6 is 0 Å². The number of hydrogen-bond acceptors (Lipinski definition) is 5. The maximum absolute atomic E-state index is 14.2. The van der Waals surface area contributed by atoms with Gasteiger partial charge in [-0.2, -0.15) is 0 Å². The Balaban J connectivity index is 1.49. The summed E-state index contributed by atoms with van der Waals surface area (Å²) in [4.78, 5) is 36.9. The van der Waals surface area contributed by atoms with Gasteiger partial charge in [-0.1, -0.05) is 24.3 Å². The van der Waals surface area contributed by atoms with Crippen molar-refractivity contribution in [2.24, 2.45) is 0 Å². The summed E-state index contributed by atoms with van der Waals surface area (Å²) < 4.78 is 27.2. The number of ketones is 1. The van der Waals surface area contributed by atoms with Gasteiger partial charge in [-0.25, -0.2) is 9.18 Å². The van der Waals surface area contributed by atoms with Gasteiger partial charge in [0, 0.05) is 17.0 Å². The summed E-state index contributed by atoms with van der Waals surface area (Å²) >= 11 is 0. The van der Waals surface area contributed by atoms with Gasteiger partial charge in [0.2, 0.25) is 5.78 Å². The van der Waals surface area contributed by atoms with E-state index in [4.69, 9.17) is 9.15 Å². The topological polar surface area (TPSA) is 83.4 Å². The normalized spacial score (nSPS) is 11.1. The van der Waals surface area contributed by atoms with E-state index in [2.05, 4.69) is 0 Å². The van der Waals surface area contributed by atoms with Gasteiger partial charge in [-0.15, -0.1) is 0 Å². The van der Waals surface area contributed by atoms with Crippen molar-refractivity contribution in [3.63, 3.8) is 0 Å². The molecule has 0 amide bonds. The van der Waals surface area contributed by atoms with Gasteiger partial charge in [0.15, 0.2) is 12.2 Å². The Morgan fingerprint density at radius 1 is 1.06 bits per heavy atom. The van der Waals surface area contributed by atoms with Gasteiger partial charge in [-0.05, 0) is 44.2 Å². The number of carbonyl (C=O) groups excluding carboxylic acids is 2. The van der Waals surface area contributed by atoms with Crippen molar-refractivity contribution < 1.29 is 23.1 Å². The number of carbonyl (C=O) groups is 2. The van der Waals surface area contributed by atoms with E-state index in [1.165, 1.54) is 6.07 Å². The van der Waals surface area contributed by atoms with E-state index >= 15 is 0 Å². The average molecular weight is 422 g/mol. The van der Waals surface area contributed by atoms with Gasteiger partial charge in [0.1, 0.15) is 12.4 Å². The van der Waals surface area contributed by atoms with Crippen LogP contribution in [0.25, 0.3) is 16.8 Å². The number of benzene rings is 2. The molecule has 2 heterocycles. The molecule has 0 atom stereocenters. The minimum Gasteiger partial charge on any atom is -0.456 e. The maximum Gasteiger partial charge on any atom is 0.420 e. The number of Topliss-reactive ketones (excluding diaryl/α,β-unsaturated/α-hetero) is 1. The molecule has 158 valence electrons. The molecule has 4 aromatic rings. The summed E-state index contributed by atoms with van der Waals surface area (Å²) in [5, 5.41) is 0. The fourth-order valence-electron chi connectivity index (χ4n) is 3.61. The molecule has 7 nitrogen and oxygen atoms in total. The highest BCUT2D eigenvalue weighted by Gasteiger charge is 2.20. The van der Waals surface area contributed by atoms with Crippen molar-refractivity contribution in [2.75, 3.05) is 6.61 Å². The first-order valence-corrected chi connectivity index (χ1v) is 9.58. The molecule has 0 saturated carbocycles. The number of rotatable bonds is 6. The molecule has 0 unspecified atom stereocenters. The summed E-state index contributed by atoms with van der Waals surface area (Å²) in [7, 11) is 0. The van der Waals surface area contributed by atoms with E-state index in [1.54, 1.807) is 66.9 Å². The van der Waals surface area contributed by atoms with Crippen LogP contribution < -0.4 is 5.76 Å². The van der Waals surface area contributed by atoms with Gasteiger partial charge in [0.05, 0.1) is 11.2 Å². The third-order valence-corrected chi connectivity index (χ3v) is 5.05. The monoisotopic (exact) mass is 422 g/mol. The molecule has 0 fully saturated rings. The van der Waals surface area contributed by atoms with Crippen LogP contribution in [0.15, 0.2) is 63.8 Å². The third-order valence-electron chi connectivity index (χ3n) is 5.05. The second-order valence-corrected chi connectivity index (χ2v) is 7.08. The van der Waals surface area contributed by atoms with Crippen molar-refractivity contribution in [2.45, 2.75) is 20.4 Å². The van der Waals surface area contributed by atoms with Crippen LogP contribution in [-0.2, 0) is 16.1 Å². The molecule has 0 N–H and O–H groups in total. The number of aryl methyl sites for hydroxylation is 1. The Kier molecular flexibility index (Phi) is 5.29. The molecular weight excluding hydrogens is 403 g/mol. The Bertz CT molecular complexity index is 1360. The largest absolute Gasteiger partial charge is 0.456 e. The number of esters is 1. The Morgan fingerprint density at radius 2 is 1.77 bits per heavy atom. The lowest BCUT2D eigenvalue weighted by Gasteiger charge is -2.11. The van der Waals surface area contributed by atoms with Crippen molar-refractivity contribution in [3.8, 4) is 5.69 Å². The molecule has 8 heteroatoms. The third kappa shape index (κ3) is 3.79. The van der Waals surface area contributed by atoms with E-state index in [9.17, 15) is 18.8 Å². The summed E-state index contributed by atoms with van der Waals surface area (Å²) in [6.45, 7) is 2.59. The number of nitrogens with zero attached hydrogens (tertiary/aromatic N) is 2. The molecule has 2 aromatic carbocycles. The first-order valence-electron chi connectivity index (χ1n) is 9.58. The lowest BCUT2D eigenvalue weighted by atomic mass is 10.1. The van der Waals surface area contributed by atoms with Crippen molar-refractivity contribution in [1.29, 1.82) is 0 Å². The van der Waals surface area contributed by atoms with Gasteiger partial charge in [-0.3, -0.25) is 14.2 Å². The number of hydrogen-bond donors (Lipinski definition) is 0. The summed E-state index contributed by atoms with van der Waals surface area (Å²) in [6, 6.07) is 14.6. The van der Waals surface area contributed by atoms with E-state index in [-0.39, 0.29) is 6.54 Å². The fraction of sp³-hybridized carbons (Fsp3) is 0.174. The second kappa shape index (κ2) is 8.06. The highest BCUT2D eigenvalue weighted by Crippen LogP contribution is 2.23. The van der Waals surface area contributed by atoms with Crippen LogP contribution in [-0.4, -0.2) is 27.5 Å². The first-order chi connectivity index (χ1) is 14.9. The number of halogens is 1. The fourth-order valence-corrected chi connectivity index (χ4v) is 3.61. The number of oxazole rings is 1. The smallest absolute Gasteiger partial charge is 0.420 e. The summed E-state index contributed by atoms with van der Waals surface area (Å²) in [5.74, 6) is -2.26. The lowest BCUT2D eigenvalue weighted by Crippen LogP contribution is -2.23. The van der Waals surface area contributed by atoms with Crippen LogP contribution in [0.4, 0.5) is 4.39 Å². The van der Waals surface area contributed by atoms with E-state index in [0.717, 1.165) is 4.57 Å². The number of para-hydroxylation sites is 3. The molecule has 0 saturated heterocycles. The predicted molar refractivity (Wildman–Crippen MR) is 111 cm³/mol. The quantitative estimate of drug-likeness (QED) is 0.350. The molecular formula is C23H19FN2O5. The number of aromatic nitrogens is 2. The molecule has 31 heavy (non-hydrogen) atoms.